The van der Waals surface area contributed by atoms with Gasteiger partial charge in [-0.25, -0.2) is 0 Å². The van der Waals surface area contributed by atoms with Crippen molar-refractivity contribution in [2.75, 3.05) is 11.4 Å². The zero-order valence-electron chi connectivity index (χ0n) is 12.2. The van der Waals surface area contributed by atoms with E-state index in [1.54, 1.807) is 0 Å². The Labute approximate surface area is 120 Å². The fourth-order valence-electron chi connectivity index (χ4n) is 2.77. The molecule has 1 saturated carbocycles. The normalized spacial score (nSPS) is 14.7. The van der Waals surface area contributed by atoms with Crippen molar-refractivity contribution in [3.63, 3.8) is 0 Å². The van der Waals surface area contributed by atoms with Crippen molar-refractivity contribution in [2.45, 2.75) is 45.2 Å². The maximum atomic E-state index is 5.82. The summed E-state index contributed by atoms with van der Waals surface area (Å²) in [6.45, 7) is 3.89. The van der Waals surface area contributed by atoms with Crippen LogP contribution in [0.25, 0.3) is 10.9 Å². The quantitative estimate of drug-likeness (QED) is 0.873. The first-order chi connectivity index (χ1) is 9.83. The van der Waals surface area contributed by atoms with Crippen LogP contribution in [-0.4, -0.2) is 17.6 Å². The van der Waals surface area contributed by atoms with E-state index in [0.717, 1.165) is 23.8 Å². The molecule has 0 radical (unpaired) electrons. The van der Waals surface area contributed by atoms with Gasteiger partial charge in [0, 0.05) is 30.2 Å². The van der Waals surface area contributed by atoms with Gasteiger partial charge in [0.15, 0.2) is 0 Å². The van der Waals surface area contributed by atoms with Gasteiger partial charge >= 0.3 is 0 Å². The van der Waals surface area contributed by atoms with Crippen LogP contribution in [0, 0.1) is 0 Å². The van der Waals surface area contributed by atoms with Crippen LogP contribution in [0.2, 0.25) is 0 Å². The van der Waals surface area contributed by atoms with Gasteiger partial charge in [0.05, 0.1) is 11.2 Å². The molecule has 1 fully saturated rings. The van der Waals surface area contributed by atoms with Crippen molar-refractivity contribution in [3.8, 4) is 0 Å². The molecule has 106 valence electrons. The summed E-state index contributed by atoms with van der Waals surface area (Å²) in [5.41, 5.74) is 9.20. The maximum Gasteiger partial charge on any atom is 0.0726 e. The van der Waals surface area contributed by atoms with E-state index in [2.05, 4.69) is 41.1 Å². The van der Waals surface area contributed by atoms with Crippen LogP contribution in [0.1, 0.15) is 38.3 Å². The highest BCUT2D eigenvalue weighted by Crippen LogP contribution is 2.36. The first-order valence-electron chi connectivity index (χ1n) is 7.69. The number of unbranched alkanes of at least 4 members (excludes halogenated alkanes) is 1. The van der Waals surface area contributed by atoms with Gasteiger partial charge < -0.3 is 10.6 Å². The van der Waals surface area contributed by atoms with Crippen LogP contribution in [0.15, 0.2) is 30.3 Å². The number of para-hydroxylation sites is 1. The van der Waals surface area contributed by atoms with Crippen molar-refractivity contribution in [1.29, 1.82) is 0 Å². The molecule has 1 aromatic heterocycles. The van der Waals surface area contributed by atoms with Gasteiger partial charge in [0.2, 0.25) is 0 Å². The highest BCUT2D eigenvalue weighted by atomic mass is 15.2. The number of hydrogen-bond donors (Lipinski definition) is 1. The van der Waals surface area contributed by atoms with E-state index in [4.69, 9.17) is 5.73 Å². The number of nitrogens with zero attached hydrogens (tertiary/aromatic N) is 2. The summed E-state index contributed by atoms with van der Waals surface area (Å²) in [5.74, 6) is 0. The number of anilines is 1. The summed E-state index contributed by atoms with van der Waals surface area (Å²) in [6, 6.07) is 11.3. The Hall–Kier alpha value is -1.61. The average molecular weight is 269 g/mol. The minimum atomic E-state index is 0.504. The lowest BCUT2D eigenvalue weighted by molar-refractivity contribution is 0.714. The second-order valence-corrected chi connectivity index (χ2v) is 5.63. The minimum Gasteiger partial charge on any atom is -0.368 e. The fraction of sp³-hybridized carbons (Fsp3) is 0.471. The van der Waals surface area contributed by atoms with Gasteiger partial charge in [-0.15, -0.1) is 0 Å². The van der Waals surface area contributed by atoms with Crippen LogP contribution in [0.3, 0.4) is 0 Å². The molecule has 0 atom stereocenters. The number of pyridine rings is 1. The third kappa shape index (κ3) is 2.63. The Balaban J connectivity index is 2.06. The minimum absolute atomic E-state index is 0.504. The molecule has 1 aliphatic rings. The topological polar surface area (TPSA) is 42.1 Å². The molecule has 2 N–H and O–H groups in total. The summed E-state index contributed by atoms with van der Waals surface area (Å²) >= 11 is 0. The zero-order chi connectivity index (χ0) is 13.9. The first kappa shape index (κ1) is 13.4. The first-order valence-corrected chi connectivity index (χ1v) is 7.69. The van der Waals surface area contributed by atoms with E-state index in [1.807, 2.05) is 6.07 Å². The monoisotopic (exact) mass is 269 g/mol. The molecule has 3 heteroatoms. The van der Waals surface area contributed by atoms with Crippen LogP contribution < -0.4 is 10.6 Å². The molecule has 0 bridgehead atoms. The van der Waals surface area contributed by atoms with Gasteiger partial charge in [-0.2, -0.15) is 0 Å². The molecule has 0 aliphatic heterocycles. The molecule has 1 aromatic carbocycles. The number of hydrogen-bond acceptors (Lipinski definition) is 3. The maximum absolute atomic E-state index is 5.82. The van der Waals surface area contributed by atoms with Crippen molar-refractivity contribution >= 4 is 16.6 Å². The Morgan fingerprint density at radius 2 is 2.10 bits per heavy atom. The third-order valence-corrected chi connectivity index (χ3v) is 4.01. The Morgan fingerprint density at radius 3 is 2.80 bits per heavy atom. The van der Waals surface area contributed by atoms with Crippen molar-refractivity contribution in [3.05, 3.63) is 36.0 Å². The van der Waals surface area contributed by atoms with E-state index >= 15 is 0 Å². The van der Waals surface area contributed by atoms with E-state index < -0.39 is 0 Å². The average Bonchev–Trinajstić information content (AvgIpc) is 3.32. The molecule has 1 heterocycles. The van der Waals surface area contributed by atoms with Crippen molar-refractivity contribution in [1.82, 2.24) is 4.98 Å². The molecule has 0 spiro atoms. The summed E-state index contributed by atoms with van der Waals surface area (Å²) in [4.78, 5) is 7.22. The highest BCUT2D eigenvalue weighted by Gasteiger charge is 2.29. The van der Waals surface area contributed by atoms with Crippen molar-refractivity contribution < 1.29 is 0 Å². The van der Waals surface area contributed by atoms with E-state index in [1.165, 1.54) is 36.8 Å². The molecular weight excluding hydrogens is 246 g/mol. The van der Waals surface area contributed by atoms with Gasteiger partial charge in [-0.05, 0) is 31.4 Å². The smallest absolute Gasteiger partial charge is 0.0726 e. The molecule has 3 nitrogen and oxygen atoms in total. The standard InChI is InChI=1S/C17H23N3/c1-2-3-10-20(14-8-9-14)17-11-13(12-18)19-16-7-5-4-6-15(16)17/h4-7,11,14H,2-3,8-10,12,18H2,1H3. The Morgan fingerprint density at radius 1 is 1.30 bits per heavy atom. The third-order valence-electron chi connectivity index (χ3n) is 4.01. The predicted molar refractivity (Wildman–Crippen MR) is 84.9 cm³/mol. The van der Waals surface area contributed by atoms with E-state index in [-0.39, 0.29) is 0 Å². The summed E-state index contributed by atoms with van der Waals surface area (Å²) in [6.07, 6.45) is 5.11. The van der Waals surface area contributed by atoms with Crippen LogP contribution in [-0.2, 0) is 6.54 Å². The van der Waals surface area contributed by atoms with E-state index in [9.17, 15) is 0 Å². The summed E-state index contributed by atoms with van der Waals surface area (Å²) in [7, 11) is 0. The predicted octanol–water partition coefficient (Wildman–Crippen LogP) is 3.46. The van der Waals surface area contributed by atoms with Crippen LogP contribution >= 0.6 is 0 Å². The van der Waals surface area contributed by atoms with Gasteiger partial charge in [0.1, 0.15) is 0 Å². The molecule has 2 aromatic rings. The second-order valence-electron chi connectivity index (χ2n) is 5.63. The molecule has 3 rings (SSSR count). The van der Waals surface area contributed by atoms with Crippen molar-refractivity contribution in [2.24, 2.45) is 5.73 Å². The highest BCUT2D eigenvalue weighted by molar-refractivity contribution is 5.92. The molecule has 0 unspecified atom stereocenters. The Kier molecular flexibility index (Phi) is 3.88. The van der Waals surface area contributed by atoms with Crippen LogP contribution in [0.5, 0.6) is 0 Å². The largest absolute Gasteiger partial charge is 0.368 e. The number of aromatic nitrogens is 1. The molecule has 20 heavy (non-hydrogen) atoms. The van der Waals surface area contributed by atoms with Gasteiger partial charge in [-0.3, -0.25) is 4.98 Å². The molecule has 1 aliphatic carbocycles. The number of benzene rings is 1. The van der Waals surface area contributed by atoms with Crippen LogP contribution in [0.4, 0.5) is 5.69 Å². The molecular formula is C17H23N3. The zero-order valence-corrected chi connectivity index (χ0v) is 12.2. The lowest BCUT2D eigenvalue weighted by Gasteiger charge is -2.26. The molecule has 0 saturated heterocycles. The lowest BCUT2D eigenvalue weighted by Crippen LogP contribution is -2.27. The lowest BCUT2D eigenvalue weighted by atomic mass is 10.1. The Bertz CT molecular complexity index is 590. The summed E-state index contributed by atoms with van der Waals surface area (Å²) < 4.78 is 0. The molecule has 0 amide bonds. The number of fused-ring (bicyclic) bond motifs is 1. The second kappa shape index (κ2) is 5.80. The fourth-order valence-corrected chi connectivity index (χ4v) is 2.77. The van der Waals surface area contributed by atoms with E-state index in [0.29, 0.717) is 6.54 Å². The SMILES string of the molecule is CCCCN(c1cc(CN)nc2ccccc12)C1CC1. The number of nitrogens with two attached hydrogens (primary N) is 1. The van der Waals surface area contributed by atoms with Gasteiger partial charge in [-0.1, -0.05) is 31.5 Å². The van der Waals surface area contributed by atoms with Gasteiger partial charge in [0.25, 0.3) is 0 Å². The summed E-state index contributed by atoms with van der Waals surface area (Å²) in [5, 5.41) is 1.26. The number of rotatable bonds is 6.